The average Bonchev–Trinajstić information content (AvgIpc) is 3.29. The van der Waals surface area contributed by atoms with Gasteiger partial charge in [-0.15, -0.1) is 0 Å². The van der Waals surface area contributed by atoms with Gasteiger partial charge in [0.25, 0.3) is 0 Å². The van der Waals surface area contributed by atoms with Gasteiger partial charge in [-0.1, -0.05) is 19.3 Å². The molecule has 5 nitrogen and oxygen atoms in total. The largest absolute Gasteiger partial charge is 0.463 e. The standard InChI is InChI=1S/C19H22N2O3S/c1-22-24-25-16-10-15-11-17(18-8-5-9-23-18)21(19(15)20-12-16)13-14-6-3-2-4-7-14/h5,8-12,14H,2-4,6-7,13H2,1H3. The molecule has 0 bridgehead atoms. The Morgan fingerprint density at radius 3 is 2.92 bits per heavy atom. The van der Waals surface area contributed by atoms with Crippen LogP contribution in [0.4, 0.5) is 0 Å². The molecule has 0 N–H and O–H groups in total. The predicted molar refractivity (Wildman–Crippen MR) is 98.0 cm³/mol. The summed E-state index contributed by atoms with van der Waals surface area (Å²) in [5, 5.41) is 1.09. The van der Waals surface area contributed by atoms with E-state index >= 15 is 0 Å². The lowest BCUT2D eigenvalue weighted by Gasteiger charge is -2.23. The maximum absolute atomic E-state index is 5.68. The number of furan rings is 1. The molecule has 0 saturated heterocycles. The molecule has 4 rings (SSSR count). The zero-order chi connectivity index (χ0) is 17.1. The van der Waals surface area contributed by atoms with E-state index in [1.54, 1.807) is 6.26 Å². The van der Waals surface area contributed by atoms with Gasteiger partial charge in [-0.05, 0) is 43.0 Å². The summed E-state index contributed by atoms with van der Waals surface area (Å²) in [6, 6.07) is 8.17. The van der Waals surface area contributed by atoms with E-state index in [2.05, 4.69) is 21.6 Å². The van der Waals surface area contributed by atoms with E-state index in [1.807, 2.05) is 18.3 Å². The van der Waals surface area contributed by atoms with Crippen molar-refractivity contribution in [2.24, 2.45) is 5.92 Å². The minimum absolute atomic E-state index is 0.714. The highest BCUT2D eigenvalue weighted by atomic mass is 32.2. The number of hydrogen-bond donors (Lipinski definition) is 0. The van der Waals surface area contributed by atoms with Gasteiger partial charge in [-0.2, -0.15) is 4.33 Å². The van der Waals surface area contributed by atoms with Gasteiger partial charge in [0, 0.05) is 18.1 Å². The molecule has 3 aromatic heterocycles. The molecule has 3 aromatic rings. The predicted octanol–water partition coefficient (Wildman–Crippen LogP) is 5.46. The van der Waals surface area contributed by atoms with Crippen molar-refractivity contribution in [3.8, 4) is 11.5 Å². The quantitative estimate of drug-likeness (QED) is 0.332. The van der Waals surface area contributed by atoms with Gasteiger partial charge in [-0.3, -0.25) is 0 Å². The van der Waals surface area contributed by atoms with Crippen LogP contribution in [0.3, 0.4) is 0 Å². The van der Waals surface area contributed by atoms with E-state index < -0.39 is 0 Å². The third kappa shape index (κ3) is 3.61. The van der Waals surface area contributed by atoms with Crippen LogP contribution in [0, 0.1) is 5.92 Å². The van der Waals surface area contributed by atoms with E-state index in [0.29, 0.717) is 5.92 Å². The summed E-state index contributed by atoms with van der Waals surface area (Å²) in [6.07, 6.45) is 10.2. The minimum Gasteiger partial charge on any atom is -0.463 e. The molecule has 3 heterocycles. The molecule has 6 heteroatoms. The molecule has 0 radical (unpaired) electrons. The van der Waals surface area contributed by atoms with Crippen LogP contribution in [0.25, 0.3) is 22.5 Å². The molecule has 1 aliphatic rings. The Balaban J connectivity index is 1.72. The van der Waals surface area contributed by atoms with Crippen LogP contribution in [0.15, 0.2) is 46.0 Å². The molecule has 1 saturated carbocycles. The van der Waals surface area contributed by atoms with Crippen LogP contribution in [-0.2, 0) is 15.8 Å². The second-order valence-corrected chi connectivity index (χ2v) is 7.30. The first-order chi connectivity index (χ1) is 12.3. The van der Waals surface area contributed by atoms with Gasteiger partial charge in [0.15, 0.2) is 0 Å². The lowest BCUT2D eigenvalue weighted by Crippen LogP contribution is -2.15. The maximum Gasteiger partial charge on any atom is 0.150 e. The molecule has 0 amide bonds. The highest BCUT2D eigenvalue weighted by Gasteiger charge is 2.20. The molecular weight excluding hydrogens is 336 g/mol. The lowest BCUT2D eigenvalue weighted by molar-refractivity contribution is -0.160. The summed E-state index contributed by atoms with van der Waals surface area (Å²) in [6.45, 7) is 0.994. The molecule has 0 unspecified atom stereocenters. The fraction of sp³-hybridized carbons (Fsp3) is 0.421. The Morgan fingerprint density at radius 1 is 1.28 bits per heavy atom. The number of nitrogens with zero attached hydrogens (tertiary/aromatic N) is 2. The van der Waals surface area contributed by atoms with Crippen LogP contribution in [0.5, 0.6) is 0 Å². The van der Waals surface area contributed by atoms with E-state index in [1.165, 1.54) is 51.3 Å². The average molecular weight is 358 g/mol. The van der Waals surface area contributed by atoms with Gasteiger partial charge in [-0.25, -0.2) is 9.87 Å². The van der Waals surface area contributed by atoms with Gasteiger partial charge in [0.1, 0.15) is 11.4 Å². The van der Waals surface area contributed by atoms with Crippen molar-refractivity contribution in [2.45, 2.75) is 43.5 Å². The molecule has 25 heavy (non-hydrogen) atoms. The molecule has 0 aromatic carbocycles. The smallest absolute Gasteiger partial charge is 0.150 e. The Morgan fingerprint density at radius 2 is 2.16 bits per heavy atom. The second kappa shape index (κ2) is 7.64. The SMILES string of the molecule is COOSc1cnc2c(c1)cc(-c1ccco1)n2CC1CCCCC1. The van der Waals surface area contributed by atoms with Crippen molar-refractivity contribution in [2.75, 3.05) is 7.11 Å². The molecule has 0 spiro atoms. The number of pyridine rings is 1. The summed E-state index contributed by atoms with van der Waals surface area (Å²) < 4.78 is 12.9. The van der Waals surface area contributed by atoms with E-state index in [0.717, 1.165) is 33.9 Å². The van der Waals surface area contributed by atoms with E-state index in [-0.39, 0.29) is 0 Å². The van der Waals surface area contributed by atoms with Crippen LogP contribution >= 0.6 is 12.0 Å². The Labute approximate surface area is 151 Å². The number of fused-ring (bicyclic) bond motifs is 1. The van der Waals surface area contributed by atoms with Gasteiger partial charge < -0.3 is 8.98 Å². The fourth-order valence-corrected chi connectivity index (χ4v) is 4.10. The molecule has 0 aliphatic heterocycles. The van der Waals surface area contributed by atoms with E-state index in [9.17, 15) is 0 Å². The normalized spacial score (nSPS) is 15.9. The summed E-state index contributed by atoms with van der Waals surface area (Å²) >= 11 is 1.17. The van der Waals surface area contributed by atoms with Crippen molar-refractivity contribution < 1.29 is 13.6 Å². The van der Waals surface area contributed by atoms with Crippen molar-refractivity contribution in [3.63, 3.8) is 0 Å². The monoisotopic (exact) mass is 358 g/mol. The maximum atomic E-state index is 5.68. The van der Waals surface area contributed by atoms with Crippen LogP contribution < -0.4 is 0 Å². The topological polar surface area (TPSA) is 49.4 Å². The minimum atomic E-state index is 0.714. The number of rotatable bonds is 6. The molecule has 1 fully saturated rings. The van der Waals surface area contributed by atoms with Crippen molar-refractivity contribution in [1.82, 2.24) is 9.55 Å². The Hall–Kier alpha value is -1.76. The van der Waals surface area contributed by atoms with Crippen molar-refractivity contribution in [1.29, 1.82) is 0 Å². The first-order valence-electron chi connectivity index (χ1n) is 8.75. The molecular formula is C19H22N2O3S. The van der Waals surface area contributed by atoms with Gasteiger partial charge in [0.2, 0.25) is 0 Å². The van der Waals surface area contributed by atoms with Gasteiger partial charge in [0.05, 0.1) is 36.0 Å². The van der Waals surface area contributed by atoms with Crippen molar-refractivity contribution in [3.05, 3.63) is 36.7 Å². The Kier molecular flexibility index (Phi) is 5.10. The zero-order valence-corrected chi connectivity index (χ0v) is 15.1. The van der Waals surface area contributed by atoms with E-state index in [4.69, 9.17) is 13.7 Å². The highest BCUT2D eigenvalue weighted by molar-refractivity contribution is 7.94. The number of aromatic nitrogens is 2. The summed E-state index contributed by atoms with van der Waals surface area (Å²) in [5.74, 6) is 1.60. The first kappa shape index (κ1) is 16.7. The van der Waals surface area contributed by atoms with Gasteiger partial charge >= 0.3 is 0 Å². The lowest BCUT2D eigenvalue weighted by atomic mass is 9.89. The van der Waals surface area contributed by atoms with Crippen LogP contribution in [0.1, 0.15) is 32.1 Å². The molecule has 0 atom stereocenters. The molecule has 1 aliphatic carbocycles. The summed E-state index contributed by atoms with van der Waals surface area (Å²) in [4.78, 5) is 10.3. The third-order valence-electron chi connectivity index (χ3n) is 4.85. The highest BCUT2D eigenvalue weighted by Crippen LogP contribution is 2.33. The zero-order valence-electron chi connectivity index (χ0n) is 14.3. The molecule has 132 valence electrons. The second-order valence-electron chi connectivity index (χ2n) is 6.52. The third-order valence-corrected chi connectivity index (χ3v) is 5.47. The fourth-order valence-electron chi connectivity index (χ4n) is 3.69. The van der Waals surface area contributed by atoms with Crippen LogP contribution in [0.2, 0.25) is 0 Å². The number of hydrogen-bond acceptors (Lipinski definition) is 5. The first-order valence-corrected chi connectivity index (χ1v) is 9.50. The summed E-state index contributed by atoms with van der Waals surface area (Å²) in [7, 11) is 1.49. The summed E-state index contributed by atoms with van der Waals surface area (Å²) in [5.41, 5.74) is 2.09. The van der Waals surface area contributed by atoms with Crippen LogP contribution in [-0.4, -0.2) is 16.7 Å². The Bertz CT molecular complexity index is 823. The van der Waals surface area contributed by atoms with Crippen molar-refractivity contribution >= 4 is 23.1 Å².